The highest BCUT2D eigenvalue weighted by Gasteiger charge is 2.30. The summed E-state index contributed by atoms with van der Waals surface area (Å²) in [6.07, 6.45) is 2.27. The number of amides is 1. The Kier molecular flexibility index (Phi) is 11.6. The number of nitrogens with zero attached hydrogens (tertiary/aromatic N) is 1. The Morgan fingerprint density at radius 3 is 2.13 bits per heavy atom. The molecule has 2 unspecified atom stereocenters. The highest BCUT2D eigenvalue weighted by atomic mass is 35.5. The summed E-state index contributed by atoms with van der Waals surface area (Å²) < 4.78 is 40.1. The predicted octanol–water partition coefficient (Wildman–Crippen LogP) is 7.73. The number of halogens is 1. The van der Waals surface area contributed by atoms with Gasteiger partial charge in [-0.2, -0.15) is 0 Å². The van der Waals surface area contributed by atoms with E-state index in [-0.39, 0.29) is 12.0 Å². The largest absolute Gasteiger partial charge is 0.493 e. The van der Waals surface area contributed by atoms with Crippen molar-refractivity contribution in [2.24, 2.45) is 5.16 Å². The molecule has 12 nitrogen and oxygen atoms in total. The van der Waals surface area contributed by atoms with Crippen LogP contribution in [-0.4, -0.2) is 60.4 Å². The van der Waals surface area contributed by atoms with Crippen LogP contribution in [-0.2, 0) is 4.84 Å². The van der Waals surface area contributed by atoms with Crippen molar-refractivity contribution in [3.05, 3.63) is 94.0 Å². The molecule has 0 radical (unpaired) electrons. The minimum atomic E-state index is -0.423. The third-order valence-corrected chi connectivity index (χ3v) is 9.09. The lowest BCUT2D eigenvalue weighted by Gasteiger charge is -2.28. The predicted molar refractivity (Wildman–Crippen MR) is 197 cm³/mol. The van der Waals surface area contributed by atoms with Crippen molar-refractivity contribution >= 4 is 28.9 Å². The van der Waals surface area contributed by atoms with Crippen LogP contribution in [0.1, 0.15) is 65.0 Å². The summed E-state index contributed by atoms with van der Waals surface area (Å²) >= 11 is 6.07. The molecule has 0 saturated heterocycles. The Morgan fingerprint density at radius 1 is 0.731 bits per heavy atom. The topological polar surface area (TPSA) is 127 Å². The third-order valence-electron chi connectivity index (χ3n) is 8.85. The number of para-hydroxylation sites is 1. The van der Waals surface area contributed by atoms with Crippen molar-refractivity contribution in [3.8, 4) is 40.2 Å². The first-order valence-electron chi connectivity index (χ1n) is 16.9. The van der Waals surface area contributed by atoms with Crippen LogP contribution >= 0.6 is 11.6 Å². The summed E-state index contributed by atoms with van der Waals surface area (Å²) in [6, 6.07) is 20.3. The van der Waals surface area contributed by atoms with Crippen molar-refractivity contribution in [2.75, 3.05) is 54.1 Å². The maximum atomic E-state index is 12.7. The van der Waals surface area contributed by atoms with E-state index in [9.17, 15) is 4.79 Å². The molecular formula is C39H42ClN3O9. The molecule has 0 bridgehead atoms. The van der Waals surface area contributed by atoms with Gasteiger partial charge >= 0.3 is 0 Å². The maximum absolute atomic E-state index is 12.7. The molecule has 6 rings (SSSR count). The van der Waals surface area contributed by atoms with Crippen molar-refractivity contribution in [1.29, 1.82) is 0 Å². The smallest absolute Gasteiger partial charge is 0.255 e. The van der Waals surface area contributed by atoms with Gasteiger partial charge in [0.05, 0.1) is 60.0 Å². The highest BCUT2D eigenvalue weighted by molar-refractivity contribution is 6.31. The molecule has 2 atom stereocenters. The Morgan fingerprint density at radius 2 is 1.44 bits per heavy atom. The van der Waals surface area contributed by atoms with Gasteiger partial charge in [-0.25, -0.2) is 0 Å². The van der Waals surface area contributed by atoms with Crippen molar-refractivity contribution in [1.82, 2.24) is 5.32 Å². The van der Waals surface area contributed by atoms with Crippen LogP contribution in [0.15, 0.2) is 71.9 Å². The average Bonchev–Trinajstić information content (AvgIpc) is 3.67. The molecule has 274 valence electrons. The Labute approximate surface area is 307 Å². The van der Waals surface area contributed by atoms with E-state index in [2.05, 4.69) is 15.8 Å². The van der Waals surface area contributed by atoms with E-state index in [4.69, 9.17) is 49.6 Å². The minimum Gasteiger partial charge on any atom is -0.493 e. The van der Waals surface area contributed by atoms with Crippen LogP contribution in [0, 0.1) is 0 Å². The molecule has 0 spiro atoms. The molecular weight excluding hydrogens is 690 g/mol. The van der Waals surface area contributed by atoms with Crippen LogP contribution in [0.4, 0.5) is 5.69 Å². The van der Waals surface area contributed by atoms with Gasteiger partial charge in [0.1, 0.15) is 6.17 Å². The van der Waals surface area contributed by atoms with Gasteiger partial charge in [0.2, 0.25) is 5.75 Å². The average molecular weight is 732 g/mol. The van der Waals surface area contributed by atoms with Gasteiger partial charge in [0, 0.05) is 28.3 Å². The normalized spacial score (nSPS) is 16.0. The molecule has 2 N–H and O–H groups in total. The molecule has 13 heteroatoms. The van der Waals surface area contributed by atoms with E-state index < -0.39 is 6.17 Å². The summed E-state index contributed by atoms with van der Waals surface area (Å²) in [5.74, 6) is 3.86. The highest BCUT2D eigenvalue weighted by Crippen LogP contribution is 2.43. The number of unbranched alkanes of at least 4 members (excludes halogenated alkanes) is 2. The van der Waals surface area contributed by atoms with E-state index in [1.165, 1.54) is 0 Å². The number of hydrogen-bond acceptors (Lipinski definition) is 11. The van der Waals surface area contributed by atoms with Gasteiger partial charge in [-0.15, -0.1) is 0 Å². The molecule has 0 fully saturated rings. The number of methoxy groups -OCH3 is 5. The lowest BCUT2D eigenvalue weighted by molar-refractivity contribution is 0.0832. The van der Waals surface area contributed by atoms with E-state index >= 15 is 0 Å². The quantitative estimate of drug-likeness (QED) is 0.111. The number of nitrogens with one attached hydrogen (secondary N) is 2. The maximum Gasteiger partial charge on any atom is 0.255 e. The summed E-state index contributed by atoms with van der Waals surface area (Å²) in [7, 11) is 7.94. The van der Waals surface area contributed by atoms with Crippen LogP contribution in [0.3, 0.4) is 0 Å². The second-order valence-electron chi connectivity index (χ2n) is 12.0. The second-order valence-corrected chi connectivity index (χ2v) is 12.5. The van der Waals surface area contributed by atoms with Gasteiger partial charge in [-0.1, -0.05) is 35.0 Å². The van der Waals surface area contributed by atoms with Crippen molar-refractivity contribution in [3.63, 3.8) is 0 Å². The fraction of sp³-hybridized carbons (Fsp3) is 0.333. The lowest BCUT2D eigenvalue weighted by atomic mass is 9.98. The number of oxime groups is 1. The van der Waals surface area contributed by atoms with Crippen molar-refractivity contribution in [2.45, 2.75) is 38.0 Å². The van der Waals surface area contributed by atoms with E-state index in [0.717, 1.165) is 41.7 Å². The van der Waals surface area contributed by atoms with E-state index in [1.807, 2.05) is 48.5 Å². The van der Waals surface area contributed by atoms with Gasteiger partial charge in [-0.05, 0) is 73.4 Å². The fourth-order valence-corrected chi connectivity index (χ4v) is 6.38. The molecule has 4 aromatic carbocycles. The van der Waals surface area contributed by atoms with Crippen molar-refractivity contribution < 1.29 is 42.8 Å². The van der Waals surface area contributed by atoms with Gasteiger partial charge in [0.25, 0.3) is 5.91 Å². The fourth-order valence-electron chi connectivity index (χ4n) is 6.21. The monoisotopic (exact) mass is 731 g/mol. The Balaban J connectivity index is 0.980. The Bertz CT molecular complexity index is 1910. The third kappa shape index (κ3) is 7.86. The number of carbonyl (C=O) groups excluding carboxylic acids is 1. The Hall–Kier alpha value is -5.49. The van der Waals surface area contributed by atoms with Crippen LogP contribution in [0.25, 0.3) is 0 Å². The molecule has 0 saturated carbocycles. The minimum absolute atomic E-state index is 0.198. The first-order chi connectivity index (χ1) is 25.4. The van der Waals surface area contributed by atoms with Gasteiger partial charge < -0.3 is 48.6 Å². The molecule has 0 aliphatic carbocycles. The lowest BCUT2D eigenvalue weighted by Crippen LogP contribution is -2.38. The molecule has 52 heavy (non-hydrogen) atoms. The van der Waals surface area contributed by atoms with Crippen LogP contribution < -0.4 is 43.8 Å². The molecule has 4 aromatic rings. The number of fused-ring (bicyclic) bond motifs is 1. The molecule has 2 heterocycles. The molecule has 2 aliphatic heterocycles. The summed E-state index contributed by atoms with van der Waals surface area (Å²) in [6.45, 7) is 1.01. The molecule has 2 aliphatic rings. The molecule has 0 aromatic heterocycles. The molecule has 1 amide bonds. The number of benzene rings is 4. The number of carbonyl (C=O) groups is 1. The summed E-state index contributed by atoms with van der Waals surface area (Å²) in [5.41, 5.74) is 4.46. The zero-order chi connectivity index (χ0) is 36.6. The SMILES string of the molecule is COc1cc(C2NC(=O)c3cc(Cl)ccc3N2)ccc1OCCCCCOc1cccc(C2CC(c3cc(OC)c(OC)c(OC)c3)=NO2)c1OC. The summed E-state index contributed by atoms with van der Waals surface area (Å²) in [5, 5.41) is 11.2. The second kappa shape index (κ2) is 16.7. The van der Waals surface area contributed by atoms with Crippen LogP contribution in [0.2, 0.25) is 5.02 Å². The number of anilines is 1. The van der Waals surface area contributed by atoms with Gasteiger partial charge in [-0.3, -0.25) is 4.79 Å². The number of ether oxygens (including phenoxy) is 7. The zero-order valence-corrected chi connectivity index (χ0v) is 30.5. The standard InChI is InChI=1S/C39H42ClN3O9/c1-45-33-18-23(38-41-28-14-13-25(40)21-27(28)39(44)42-38)12-15-30(33)50-16-7-6-8-17-51-31-11-9-10-26(36(31)48-4)32-22-29(43-52-32)24-19-34(46-2)37(49-5)35(20-24)47-3/h9-15,18-21,32,38,41H,6-8,16-17,22H2,1-5H3,(H,42,44). The first kappa shape index (κ1) is 36.3. The van der Waals surface area contributed by atoms with E-state index in [0.29, 0.717) is 76.2 Å². The van der Waals surface area contributed by atoms with Crippen LogP contribution in [0.5, 0.6) is 40.2 Å². The number of hydrogen-bond donors (Lipinski definition) is 2. The number of rotatable bonds is 16. The first-order valence-corrected chi connectivity index (χ1v) is 17.3. The van der Waals surface area contributed by atoms with Gasteiger partial charge in [0.15, 0.2) is 40.6 Å². The van der Waals surface area contributed by atoms with E-state index in [1.54, 1.807) is 53.7 Å². The summed E-state index contributed by atoms with van der Waals surface area (Å²) in [4.78, 5) is 18.6. The zero-order valence-electron chi connectivity index (χ0n) is 29.7.